The van der Waals surface area contributed by atoms with Gasteiger partial charge in [-0.2, -0.15) is 0 Å². The maximum absolute atomic E-state index is 11.7. The van der Waals surface area contributed by atoms with Gasteiger partial charge in [0.2, 0.25) is 0 Å². The molecular formula is C12H20N2O2. The Balaban J connectivity index is 2.38. The lowest BCUT2D eigenvalue weighted by atomic mass is 10.2. The first-order valence-corrected chi connectivity index (χ1v) is 5.59. The molecule has 0 saturated heterocycles. The van der Waals surface area contributed by atoms with Crippen LogP contribution in [0.1, 0.15) is 35.7 Å². The van der Waals surface area contributed by atoms with Crippen LogP contribution in [0.3, 0.4) is 0 Å². The van der Waals surface area contributed by atoms with E-state index >= 15 is 0 Å². The van der Waals surface area contributed by atoms with Crippen LogP contribution < -0.4 is 10.6 Å². The molecule has 0 bridgehead atoms. The van der Waals surface area contributed by atoms with Crippen molar-refractivity contribution in [2.45, 2.75) is 33.7 Å². The highest BCUT2D eigenvalue weighted by Crippen LogP contribution is 2.12. The number of rotatable bonds is 5. The van der Waals surface area contributed by atoms with E-state index in [9.17, 15) is 4.79 Å². The second-order valence-electron chi connectivity index (χ2n) is 4.19. The van der Waals surface area contributed by atoms with Crippen molar-refractivity contribution in [3.8, 4) is 0 Å². The molecule has 1 aromatic heterocycles. The molecule has 0 aromatic carbocycles. The summed E-state index contributed by atoms with van der Waals surface area (Å²) in [4.78, 5) is 11.7. The van der Waals surface area contributed by atoms with Crippen molar-refractivity contribution >= 4 is 5.91 Å². The first kappa shape index (κ1) is 12.8. The Kier molecular flexibility index (Phi) is 4.55. The summed E-state index contributed by atoms with van der Waals surface area (Å²) < 4.78 is 5.30. The fraction of sp³-hybridized carbons (Fsp3) is 0.583. The third-order valence-corrected chi connectivity index (χ3v) is 2.25. The molecular weight excluding hydrogens is 204 g/mol. The van der Waals surface area contributed by atoms with Gasteiger partial charge in [0.05, 0.1) is 5.56 Å². The Morgan fingerprint density at radius 1 is 1.38 bits per heavy atom. The van der Waals surface area contributed by atoms with Gasteiger partial charge in [0, 0.05) is 19.1 Å². The number of amides is 1. The molecule has 0 aliphatic heterocycles. The van der Waals surface area contributed by atoms with Gasteiger partial charge in [0.25, 0.3) is 5.91 Å². The van der Waals surface area contributed by atoms with E-state index in [1.807, 2.05) is 6.92 Å². The van der Waals surface area contributed by atoms with Crippen molar-refractivity contribution in [3.63, 3.8) is 0 Å². The summed E-state index contributed by atoms with van der Waals surface area (Å²) in [6.45, 7) is 9.19. The minimum Gasteiger partial charge on any atom is -0.466 e. The van der Waals surface area contributed by atoms with Crippen molar-refractivity contribution < 1.29 is 9.21 Å². The molecule has 90 valence electrons. The monoisotopic (exact) mass is 224 g/mol. The number of nitrogens with one attached hydrogen (secondary N) is 2. The average Bonchev–Trinajstić information content (AvgIpc) is 2.52. The van der Waals surface area contributed by atoms with Crippen LogP contribution in [0, 0.1) is 13.8 Å². The fourth-order valence-corrected chi connectivity index (χ4v) is 1.49. The van der Waals surface area contributed by atoms with Crippen LogP contribution in [0.25, 0.3) is 0 Å². The standard InChI is InChI=1S/C12H20N2O2/c1-8(2)13-5-6-14-12(15)11-7-9(3)16-10(11)4/h7-8,13H,5-6H2,1-4H3,(H,14,15). The smallest absolute Gasteiger partial charge is 0.254 e. The molecule has 0 saturated carbocycles. The summed E-state index contributed by atoms with van der Waals surface area (Å²) in [5.74, 6) is 1.37. The third kappa shape index (κ3) is 3.70. The summed E-state index contributed by atoms with van der Waals surface area (Å²) >= 11 is 0. The number of carbonyl (C=O) groups excluding carboxylic acids is 1. The Hall–Kier alpha value is -1.29. The van der Waals surface area contributed by atoms with Crippen molar-refractivity contribution in [1.29, 1.82) is 0 Å². The highest BCUT2D eigenvalue weighted by molar-refractivity contribution is 5.95. The first-order valence-electron chi connectivity index (χ1n) is 5.59. The second-order valence-corrected chi connectivity index (χ2v) is 4.19. The van der Waals surface area contributed by atoms with E-state index in [2.05, 4.69) is 24.5 Å². The Morgan fingerprint density at radius 2 is 2.06 bits per heavy atom. The maximum Gasteiger partial charge on any atom is 0.254 e. The van der Waals surface area contributed by atoms with Crippen molar-refractivity contribution in [2.75, 3.05) is 13.1 Å². The normalized spacial score (nSPS) is 10.8. The molecule has 2 N–H and O–H groups in total. The van der Waals surface area contributed by atoms with Gasteiger partial charge in [0.15, 0.2) is 0 Å². The van der Waals surface area contributed by atoms with Gasteiger partial charge in [-0.1, -0.05) is 13.8 Å². The van der Waals surface area contributed by atoms with Crippen molar-refractivity contribution in [2.24, 2.45) is 0 Å². The van der Waals surface area contributed by atoms with Gasteiger partial charge < -0.3 is 15.1 Å². The number of hydrogen-bond acceptors (Lipinski definition) is 3. The summed E-state index contributed by atoms with van der Waals surface area (Å²) in [6, 6.07) is 2.20. The topological polar surface area (TPSA) is 54.3 Å². The Morgan fingerprint density at radius 3 is 2.56 bits per heavy atom. The Labute approximate surface area is 96.4 Å². The van der Waals surface area contributed by atoms with Crippen LogP contribution in [-0.2, 0) is 0 Å². The molecule has 1 aromatic rings. The number of hydrogen-bond donors (Lipinski definition) is 2. The van der Waals surface area contributed by atoms with Gasteiger partial charge in [-0.25, -0.2) is 0 Å². The SMILES string of the molecule is Cc1cc(C(=O)NCCNC(C)C)c(C)o1. The van der Waals surface area contributed by atoms with Crippen LogP contribution in [-0.4, -0.2) is 25.0 Å². The molecule has 1 amide bonds. The van der Waals surface area contributed by atoms with Gasteiger partial charge in [-0.3, -0.25) is 4.79 Å². The lowest BCUT2D eigenvalue weighted by Crippen LogP contribution is -2.34. The lowest BCUT2D eigenvalue weighted by Gasteiger charge is -2.08. The average molecular weight is 224 g/mol. The van der Waals surface area contributed by atoms with Crippen molar-refractivity contribution in [3.05, 3.63) is 23.2 Å². The lowest BCUT2D eigenvalue weighted by molar-refractivity contribution is 0.0952. The molecule has 1 rings (SSSR count). The molecule has 0 fully saturated rings. The van der Waals surface area contributed by atoms with E-state index in [0.717, 1.165) is 12.3 Å². The summed E-state index contributed by atoms with van der Waals surface area (Å²) in [5, 5.41) is 6.08. The minimum absolute atomic E-state index is 0.0695. The molecule has 0 spiro atoms. The molecule has 0 aliphatic rings. The molecule has 0 aliphatic carbocycles. The molecule has 16 heavy (non-hydrogen) atoms. The predicted octanol–water partition coefficient (Wildman–Crippen LogP) is 1.62. The number of furan rings is 1. The highest BCUT2D eigenvalue weighted by Gasteiger charge is 2.12. The molecule has 1 heterocycles. The van der Waals surface area contributed by atoms with Crippen LogP contribution in [0.5, 0.6) is 0 Å². The Bertz CT molecular complexity index is 356. The first-order chi connectivity index (χ1) is 7.50. The van der Waals surface area contributed by atoms with Crippen LogP contribution in [0.2, 0.25) is 0 Å². The zero-order valence-corrected chi connectivity index (χ0v) is 10.4. The largest absolute Gasteiger partial charge is 0.466 e. The van der Waals surface area contributed by atoms with Gasteiger partial charge >= 0.3 is 0 Å². The van der Waals surface area contributed by atoms with Crippen molar-refractivity contribution in [1.82, 2.24) is 10.6 Å². The van der Waals surface area contributed by atoms with E-state index in [4.69, 9.17) is 4.42 Å². The predicted molar refractivity (Wildman–Crippen MR) is 63.7 cm³/mol. The molecule has 4 heteroatoms. The molecule has 4 nitrogen and oxygen atoms in total. The van der Waals surface area contributed by atoms with Crippen LogP contribution in [0.15, 0.2) is 10.5 Å². The summed E-state index contributed by atoms with van der Waals surface area (Å²) in [6.07, 6.45) is 0. The third-order valence-electron chi connectivity index (χ3n) is 2.25. The zero-order chi connectivity index (χ0) is 12.1. The molecule has 0 unspecified atom stereocenters. The van der Waals surface area contributed by atoms with Crippen LogP contribution in [0.4, 0.5) is 0 Å². The second kappa shape index (κ2) is 5.70. The van der Waals surface area contributed by atoms with Crippen LogP contribution >= 0.6 is 0 Å². The van der Waals surface area contributed by atoms with E-state index in [1.54, 1.807) is 13.0 Å². The van der Waals surface area contributed by atoms with Gasteiger partial charge in [-0.05, 0) is 19.9 Å². The van der Waals surface area contributed by atoms with E-state index in [1.165, 1.54) is 0 Å². The zero-order valence-electron chi connectivity index (χ0n) is 10.4. The summed E-state index contributed by atoms with van der Waals surface area (Å²) in [7, 11) is 0. The van der Waals surface area contributed by atoms with Gasteiger partial charge in [-0.15, -0.1) is 0 Å². The quantitative estimate of drug-likeness (QED) is 0.747. The highest BCUT2D eigenvalue weighted by atomic mass is 16.3. The number of aryl methyl sites for hydroxylation is 2. The molecule has 0 atom stereocenters. The summed E-state index contributed by atoms with van der Waals surface area (Å²) in [5.41, 5.74) is 0.627. The minimum atomic E-state index is -0.0695. The molecule has 0 radical (unpaired) electrons. The van der Waals surface area contributed by atoms with E-state index in [0.29, 0.717) is 23.9 Å². The van der Waals surface area contributed by atoms with E-state index in [-0.39, 0.29) is 5.91 Å². The van der Waals surface area contributed by atoms with E-state index < -0.39 is 0 Å². The fourth-order valence-electron chi connectivity index (χ4n) is 1.49. The van der Waals surface area contributed by atoms with Gasteiger partial charge in [0.1, 0.15) is 11.5 Å². The number of carbonyl (C=O) groups is 1. The maximum atomic E-state index is 11.7.